The first-order chi connectivity index (χ1) is 8.15. The maximum Gasteiger partial charge on any atom is 0.157 e. The van der Waals surface area contributed by atoms with E-state index < -0.39 is 11.1 Å². The highest BCUT2D eigenvalue weighted by Gasteiger charge is 2.01. The Hall–Kier alpha value is -1.52. The highest BCUT2D eigenvalue weighted by molar-refractivity contribution is 7.78. The van der Waals surface area contributed by atoms with E-state index in [2.05, 4.69) is 4.98 Å². The number of pyridine rings is 1. The maximum absolute atomic E-state index is 10.7. The van der Waals surface area contributed by atoms with E-state index in [1.165, 1.54) is 0 Å². The summed E-state index contributed by atoms with van der Waals surface area (Å²) in [7, 11) is 0. The van der Waals surface area contributed by atoms with Gasteiger partial charge in [-0.1, -0.05) is 30.3 Å². The topological polar surface area (TPSA) is 50.2 Å². The molecule has 0 aliphatic heterocycles. The van der Waals surface area contributed by atoms with Crippen LogP contribution >= 0.6 is 0 Å². The molecule has 2 rings (SSSR count). The lowest BCUT2D eigenvalue weighted by molar-refractivity contribution is 0.563. The number of aromatic nitrogens is 1. The van der Waals surface area contributed by atoms with E-state index in [1.807, 2.05) is 49.4 Å². The van der Waals surface area contributed by atoms with Crippen molar-refractivity contribution in [2.45, 2.75) is 12.7 Å². The number of benzene rings is 1. The standard InChI is InChI=1S/C13H13NO2S/c1-10-3-2-4-13(14-10)12-7-5-11(6-8-12)9-17(15)16/h2-8H,9H2,1H3,(H,15,16). The van der Waals surface area contributed by atoms with E-state index in [0.717, 1.165) is 22.5 Å². The summed E-state index contributed by atoms with van der Waals surface area (Å²) < 4.78 is 19.5. The molecule has 1 heterocycles. The quantitative estimate of drug-likeness (QED) is 0.848. The van der Waals surface area contributed by atoms with Crippen LogP contribution in [-0.4, -0.2) is 13.7 Å². The molecule has 0 bridgehead atoms. The van der Waals surface area contributed by atoms with Gasteiger partial charge in [-0.15, -0.1) is 0 Å². The van der Waals surface area contributed by atoms with Crippen molar-refractivity contribution in [1.82, 2.24) is 4.98 Å². The molecular weight excluding hydrogens is 234 g/mol. The Balaban J connectivity index is 2.26. The van der Waals surface area contributed by atoms with Gasteiger partial charge in [-0.2, -0.15) is 0 Å². The van der Waals surface area contributed by atoms with Crippen molar-refractivity contribution in [3.8, 4) is 11.3 Å². The molecule has 0 aliphatic carbocycles. The second-order valence-corrected chi connectivity index (χ2v) is 4.76. The molecule has 1 N–H and O–H groups in total. The third-order valence-electron chi connectivity index (χ3n) is 2.43. The summed E-state index contributed by atoms with van der Waals surface area (Å²) in [6, 6.07) is 13.4. The fourth-order valence-corrected chi connectivity index (χ4v) is 2.10. The van der Waals surface area contributed by atoms with E-state index >= 15 is 0 Å². The summed E-state index contributed by atoms with van der Waals surface area (Å²) in [4.78, 5) is 4.42. The van der Waals surface area contributed by atoms with Crippen LogP contribution in [0.25, 0.3) is 11.3 Å². The summed E-state index contributed by atoms with van der Waals surface area (Å²) in [6.07, 6.45) is 0. The largest absolute Gasteiger partial charge is 0.306 e. The first kappa shape index (κ1) is 12.0. The van der Waals surface area contributed by atoms with Crippen LogP contribution in [0.4, 0.5) is 0 Å². The first-order valence-corrected chi connectivity index (χ1v) is 6.53. The molecule has 17 heavy (non-hydrogen) atoms. The van der Waals surface area contributed by atoms with E-state index in [1.54, 1.807) is 0 Å². The molecule has 0 aliphatic rings. The van der Waals surface area contributed by atoms with Gasteiger partial charge in [-0.05, 0) is 24.6 Å². The van der Waals surface area contributed by atoms with Crippen LogP contribution in [0, 0.1) is 6.92 Å². The Morgan fingerprint density at radius 3 is 2.47 bits per heavy atom. The fraction of sp³-hybridized carbons (Fsp3) is 0.154. The summed E-state index contributed by atoms with van der Waals surface area (Å²) in [5, 5.41) is 0. The molecule has 0 radical (unpaired) electrons. The molecule has 1 atom stereocenters. The zero-order chi connectivity index (χ0) is 12.3. The van der Waals surface area contributed by atoms with Gasteiger partial charge in [0, 0.05) is 11.3 Å². The van der Waals surface area contributed by atoms with Crippen LogP contribution in [-0.2, 0) is 16.8 Å². The van der Waals surface area contributed by atoms with Crippen LogP contribution < -0.4 is 0 Å². The van der Waals surface area contributed by atoms with Crippen LogP contribution in [0.2, 0.25) is 0 Å². The number of hydrogen-bond donors (Lipinski definition) is 1. The second kappa shape index (κ2) is 5.21. The van der Waals surface area contributed by atoms with E-state index in [-0.39, 0.29) is 5.75 Å². The van der Waals surface area contributed by atoms with E-state index in [0.29, 0.717) is 0 Å². The van der Waals surface area contributed by atoms with Crippen LogP contribution in [0.5, 0.6) is 0 Å². The monoisotopic (exact) mass is 247 g/mol. The summed E-state index contributed by atoms with van der Waals surface area (Å²) in [5.74, 6) is 0.168. The number of hydrogen-bond acceptors (Lipinski definition) is 2. The first-order valence-electron chi connectivity index (χ1n) is 5.25. The minimum atomic E-state index is -1.79. The number of rotatable bonds is 3. The molecular formula is C13H13NO2S. The summed E-state index contributed by atoms with van der Waals surface area (Å²) in [5.41, 5.74) is 3.76. The molecule has 3 nitrogen and oxygen atoms in total. The molecule has 1 unspecified atom stereocenters. The lowest BCUT2D eigenvalue weighted by atomic mass is 10.1. The predicted octanol–water partition coefficient (Wildman–Crippen LogP) is 2.78. The molecule has 0 saturated heterocycles. The average molecular weight is 247 g/mol. The van der Waals surface area contributed by atoms with Crippen molar-refractivity contribution >= 4 is 11.1 Å². The van der Waals surface area contributed by atoms with Crippen LogP contribution in [0.3, 0.4) is 0 Å². The molecule has 88 valence electrons. The van der Waals surface area contributed by atoms with Crippen molar-refractivity contribution < 1.29 is 8.76 Å². The molecule has 4 heteroatoms. The fourth-order valence-electron chi connectivity index (χ4n) is 1.62. The molecule has 1 aromatic carbocycles. The third-order valence-corrected chi connectivity index (χ3v) is 3.01. The lowest BCUT2D eigenvalue weighted by Gasteiger charge is -2.03. The average Bonchev–Trinajstić information content (AvgIpc) is 2.29. The van der Waals surface area contributed by atoms with Gasteiger partial charge >= 0.3 is 0 Å². The molecule has 0 amide bonds. The van der Waals surface area contributed by atoms with Crippen LogP contribution in [0.1, 0.15) is 11.3 Å². The zero-order valence-corrected chi connectivity index (χ0v) is 10.3. The summed E-state index contributed by atoms with van der Waals surface area (Å²) >= 11 is -1.79. The van der Waals surface area contributed by atoms with Crippen molar-refractivity contribution in [3.63, 3.8) is 0 Å². The third kappa shape index (κ3) is 3.22. The van der Waals surface area contributed by atoms with Gasteiger partial charge in [0.25, 0.3) is 0 Å². The smallest absolute Gasteiger partial charge is 0.157 e. The minimum absolute atomic E-state index is 0.168. The summed E-state index contributed by atoms with van der Waals surface area (Å²) in [6.45, 7) is 1.95. The molecule has 0 spiro atoms. The van der Waals surface area contributed by atoms with Gasteiger partial charge in [-0.3, -0.25) is 4.98 Å². The van der Waals surface area contributed by atoms with Crippen molar-refractivity contribution in [1.29, 1.82) is 0 Å². The number of nitrogens with zero attached hydrogens (tertiary/aromatic N) is 1. The normalized spacial score (nSPS) is 12.4. The van der Waals surface area contributed by atoms with Crippen LogP contribution in [0.15, 0.2) is 42.5 Å². The van der Waals surface area contributed by atoms with Gasteiger partial charge < -0.3 is 4.55 Å². The highest BCUT2D eigenvalue weighted by atomic mass is 32.2. The maximum atomic E-state index is 10.7. The van der Waals surface area contributed by atoms with Crippen molar-refractivity contribution in [2.24, 2.45) is 0 Å². The lowest BCUT2D eigenvalue weighted by Crippen LogP contribution is -1.93. The van der Waals surface area contributed by atoms with Crippen molar-refractivity contribution in [2.75, 3.05) is 0 Å². The Kier molecular flexibility index (Phi) is 3.66. The molecule has 0 fully saturated rings. The SMILES string of the molecule is Cc1cccc(-c2ccc(CS(=O)O)cc2)n1. The van der Waals surface area contributed by atoms with Gasteiger partial charge in [0.1, 0.15) is 0 Å². The molecule has 2 aromatic rings. The number of aryl methyl sites for hydroxylation is 1. The molecule has 1 aromatic heterocycles. The molecule has 0 saturated carbocycles. The van der Waals surface area contributed by atoms with Crippen molar-refractivity contribution in [3.05, 3.63) is 53.7 Å². The second-order valence-electron chi connectivity index (χ2n) is 3.83. The zero-order valence-electron chi connectivity index (χ0n) is 9.46. The Morgan fingerprint density at radius 2 is 1.88 bits per heavy atom. The van der Waals surface area contributed by atoms with E-state index in [9.17, 15) is 4.21 Å². The Morgan fingerprint density at radius 1 is 1.18 bits per heavy atom. The Bertz CT molecular complexity index is 537. The Labute approximate surface area is 103 Å². The highest BCUT2D eigenvalue weighted by Crippen LogP contribution is 2.18. The van der Waals surface area contributed by atoms with Gasteiger partial charge in [-0.25, -0.2) is 4.21 Å². The minimum Gasteiger partial charge on any atom is -0.306 e. The van der Waals surface area contributed by atoms with Gasteiger partial charge in [0.2, 0.25) is 0 Å². The van der Waals surface area contributed by atoms with Gasteiger partial charge in [0.05, 0.1) is 11.4 Å². The predicted molar refractivity (Wildman–Crippen MR) is 68.9 cm³/mol. The van der Waals surface area contributed by atoms with Gasteiger partial charge in [0.15, 0.2) is 11.1 Å². The van der Waals surface area contributed by atoms with E-state index in [4.69, 9.17) is 4.55 Å².